The molecular formula is C23H38O. The van der Waals surface area contributed by atoms with Crippen LogP contribution in [0.4, 0.5) is 0 Å². The van der Waals surface area contributed by atoms with Crippen molar-refractivity contribution in [1.82, 2.24) is 0 Å². The molecule has 1 heteroatoms. The fourth-order valence-electron chi connectivity index (χ4n) is 3.35. The normalized spacial score (nSPS) is 12.3. The topological polar surface area (TPSA) is 17.1 Å². The summed E-state index contributed by atoms with van der Waals surface area (Å²) in [5.41, 5.74) is 2.65. The fraction of sp³-hybridized carbons (Fsp3) is 0.696. The van der Waals surface area contributed by atoms with E-state index in [2.05, 4.69) is 45.0 Å². The Balaban J connectivity index is 2.42. The highest BCUT2D eigenvalue weighted by molar-refractivity contribution is 5.79. The Morgan fingerprint density at radius 1 is 0.833 bits per heavy atom. The summed E-state index contributed by atoms with van der Waals surface area (Å²) in [5, 5.41) is 0. The van der Waals surface area contributed by atoms with Gasteiger partial charge in [-0.15, -0.1) is 0 Å². The summed E-state index contributed by atoms with van der Waals surface area (Å²) in [6.45, 7) is 6.61. The maximum atomic E-state index is 12.4. The van der Waals surface area contributed by atoms with Gasteiger partial charge >= 0.3 is 0 Å². The van der Waals surface area contributed by atoms with E-state index in [4.69, 9.17) is 0 Å². The van der Waals surface area contributed by atoms with Gasteiger partial charge in [0, 0.05) is 12.8 Å². The third-order valence-electron chi connectivity index (χ3n) is 4.99. The second-order valence-corrected chi connectivity index (χ2v) is 7.36. The summed E-state index contributed by atoms with van der Waals surface area (Å²) in [6, 6.07) is 8.81. The first-order valence-electron chi connectivity index (χ1n) is 10.3. The van der Waals surface area contributed by atoms with E-state index in [9.17, 15) is 4.79 Å². The van der Waals surface area contributed by atoms with Gasteiger partial charge in [-0.2, -0.15) is 0 Å². The number of aryl methyl sites for hydroxylation is 1. The van der Waals surface area contributed by atoms with Crippen molar-refractivity contribution in [3.63, 3.8) is 0 Å². The Morgan fingerprint density at radius 3 is 2.08 bits per heavy atom. The summed E-state index contributed by atoms with van der Waals surface area (Å²) < 4.78 is 0. The quantitative estimate of drug-likeness (QED) is 0.325. The molecular weight excluding hydrogens is 292 g/mol. The van der Waals surface area contributed by atoms with Crippen LogP contribution in [0.3, 0.4) is 0 Å². The summed E-state index contributed by atoms with van der Waals surface area (Å²) in [6.07, 6.45) is 14.0. The Labute approximate surface area is 150 Å². The average Bonchev–Trinajstić information content (AvgIpc) is 2.58. The highest BCUT2D eigenvalue weighted by atomic mass is 16.1. The summed E-state index contributed by atoms with van der Waals surface area (Å²) in [4.78, 5) is 12.4. The van der Waals surface area contributed by atoms with Gasteiger partial charge in [0.25, 0.3) is 0 Å². The zero-order valence-electron chi connectivity index (χ0n) is 16.3. The van der Waals surface area contributed by atoms with Crippen LogP contribution >= 0.6 is 0 Å². The predicted molar refractivity (Wildman–Crippen MR) is 106 cm³/mol. The Kier molecular flexibility index (Phi) is 11.5. The van der Waals surface area contributed by atoms with Crippen LogP contribution in [0.1, 0.15) is 108 Å². The third kappa shape index (κ3) is 9.25. The second-order valence-electron chi connectivity index (χ2n) is 7.36. The highest BCUT2D eigenvalue weighted by Gasteiger charge is 2.15. The molecule has 0 aliphatic carbocycles. The van der Waals surface area contributed by atoms with Gasteiger partial charge in [-0.25, -0.2) is 0 Å². The van der Waals surface area contributed by atoms with Gasteiger partial charge in [0.15, 0.2) is 0 Å². The van der Waals surface area contributed by atoms with Crippen LogP contribution in [-0.2, 0) is 4.79 Å². The molecule has 24 heavy (non-hydrogen) atoms. The lowest BCUT2D eigenvalue weighted by atomic mass is 9.87. The van der Waals surface area contributed by atoms with Crippen LogP contribution in [0.2, 0.25) is 0 Å². The molecule has 1 aromatic carbocycles. The first kappa shape index (κ1) is 20.9. The molecule has 0 N–H and O–H groups in total. The van der Waals surface area contributed by atoms with Gasteiger partial charge in [-0.1, -0.05) is 95.0 Å². The monoisotopic (exact) mass is 330 g/mol. The van der Waals surface area contributed by atoms with E-state index < -0.39 is 0 Å². The lowest BCUT2D eigenvalue weighted by Gasteiger charge is -2.17. The molecule has 1 unspecified atom stereocenters. The number of Topliss-reactive ketones (excluding diaryl/α,β-unsaturated/α-hetero) is 1. The van der Waals surface area contributed by atoms with E-state index in [0.29, 0.717) is 11.7 Å². The number of unbranched alkanes of at least 4 members (excludes halogenated alkanes) is 7. The molecule has 1 aromatic rings. The smallest absolute Gasteiger partial charge is 0.133 e. The largest absolute Gasteiger partial charge is 0.300 e. The van der Waals surface area contributed by atoms with Crippen molar-refractivity contribution >= 4 is 5.78 Å². The minimum Gasteiger partial charge on any atom is -0.300 e. The molecule has 0 heterocycles. The molecule has 0 spiro atoms. The van der Waals surface area contributed by atoms with Crippen molar-refractivity contribution < 1.29 is 4.79 Å². The first-order valence-corrected chi connectivity index (χ1v) is 10.3. The number of ketones is 1. The van der Waals surface area contributed by atoms with Crippen LogP contribution in [0, 0.1) is 6.92 Å². The van der Waals surface area contributed by atoms with Crippen LogP contribution in [0.25, 0.3) is 0 Å². The SMILES string of the molecule is CCCCCCCCC(=O)CC(CCCCC)c1ccc(C)cc1. The number of carbonyl (C=O) groups is 1. The maximum absolute atomic E-state index is 12.4. The molecule has 0 saturated carbocycles. The molecule has 0 bridgehead atoms. The molecule has 0 radical (unpaired) electrons. The minimum atomic E-state index is 0.421. The van der Waals surface area contributed by atoms with Crippen LogP contribution in [0.5, 0.6) is 0 Å². The zero-order chi connectivity index (χ0) is 17.6. The van der Waals surface area contributed by atoms with Gasteiger partial charge in [0.05, 0.1) is 0 Å². The van der Waals surface area contributed by atoms with E-state index in [1.807, 2.05) is 0 Å². The Bertz CT molecular complexity index is 432. The number of hydrogen-bond acceptors (Lipinski definition) is 1. The van der Waals surface area contributed by atoms with Gasteiger partial charge in [-0.3, -0.25) is 4.79 Å². The predicted octanol–water partition coefficient (Wildman–Crippen LogP) is 7.37. The summed E-state index contributed by atoms with van der Waals surface area (Å²) in [7, 11) is 0. The highest BCUT2D eigenvalue weighted by Crippen LogP contribution is 2.27. The van der Waals surface area contributed by atoms with Crippen molar-refractivity contribution in [2.45, 2.75) is 104 Å². The van der Waals surface area contributed by atoms with Crippen molar-refractivity contribution in [3.05, 3.63) is 35.4 Å². The fourth-order valence-corrected chi connectivity index (χ4v) is 3.35. The molecule has 136 valence electrons. The molecule has 0 aliphatic heterocycles. The summed E-state index contributed by atoms with van der Waals surface area (Å²) in [5.74, 6) is 0.886. The van der Waals surface area contributed by atoms with E-state index in [1.165, 1.54) is 62.5 Å². The molecule has 0 amide bonds. The van der Waals surface area contributed by atoms with Crippen molar-refractivity contribution in [2.24, 2.45) is 0 Å². The third-order valence-corrected chi connectivity index (χ3v) is 4.99. The average molecular weight is 331 g/mol. The van der Waals surface area contributed by atoms with Crippen LogP contribution in [0.15, 0.2) is 24.3 Å². The van der Waals surface area contributed by atoms with Crippen LogP contribution in [-0.4, -0.2) is 5.78 Å². The van der Waals surface area contributed by atoms with Crippen molar-refractivity contribution in [3.8, 4) is 0 Å². The van der Waals surface area contributed by atoms with E-state index in [0.717, 1.165) is 25.7 Å². The lowest BCUT2D eigenvalue weighted by Crippen LogP contribution is -2.08. The Hall–Kier alpha value is -1.11. The molecule has 0 aliphatic rings. The van der Waals surface area contributed by atoms with Gasteiger partial charge in [0.1, 0.15) is 5.78 Å². The lowest BCUT2D eigenvalue weighted by molar-refractivity contribution is -0.119. The van der Waals surface area contributed by atoms with Crippen LogP contribution < -0.4 is 0 Å². The first-order chi connectivity index (χ1) is 11.7. The Morgan fingerprint density at radius 2 is 1.42 bits per heavy atom. The van der Waals surface area contributed by atoms with E-state index >= 15 is 0 Å². The maximum Gasteiger partial charge on any atom is 0.133 e. The van der Waals surface area contributed by atoms with Gasteiger partial charge in [0.2, 0.25) is 0 Å². The molecule has 1 rings (SSSR count). The molecule has 0 aromatic heterocycles. The van der Waals surface area contributed by atoms with Crippen molar-refractivity contribution in [1.29, 1.82) is 0 Å². The van der Waals surface area contributed by atoms with E-state index in [-0.39, 0.29) is 0 Å². The minimum absolute atomic E-state index is 0.421. The van der Waals surface area contributed by atoms with E-state index in [1.54, 1.807) is 0 Å². The number of benzene rings is 1. The van der Waals surface area contributed by atoms with Gasteiger partial charge < -0.3 is 0 Å². The molecule has 1 atom stereocenters. The summed E-state index contributed by atoms with van der Waals surface area (Å²) >= 11 is 0. The zero-order valence-corrected chi connectivity index (χ0v) is 16.3. The molecule has 0 saturated heterocycles. The molecule has 0 fully saturated rings. The van der Waals surface area contributed by atoms with Gasteiger partial charge in [-0.05, 0) is 31.2 Å². The number of carbonyl (C=O) groups excluding carboxylic acids is 1. The second kappa shape index (κ2) is 13.2. The van der Waals surface area contributed by atoms with Crippen molar-refractivity contribution in [2.75, 3.05) is 0 Å². The number of hydrogen-bond donors (Lipinski definition) is 0. The standard InChI is InChI=1S/C23H38O/c1-4-6-8-9-10-12-14-23(24)19-22(13-11-7-5-2)21-17-15-20(3)16-18-21/h15-18,22H,4-14,19H2,1-3H3. The number of rotatable bonds is 14. The molecule has 1 nitrogen and oxygen atoms in total.